The van der Waals surface area contributed by atoms with Gasteiger partial charge in [0.15, 0.2) is 6.10 Å². The number of aromatic hydroxyl groups is 2. The predicted octanol–water partition coefficient (Wildman–Crippen LogP) is 1.09. The third-order valence-corrected chi connectivity index (χ3v) is 3.24. The Kier molecular flexibility index (Phi) is 2.87. The Labute approximate surface area is 113 Å². The number of rotatable bonds is 1. The molecule has 0 radical (unpaired) electrons. The van der Waals surface area contributed by atoms with Crippen molar-refractivity contribution in [2.24, 2.45) is 0 Å². The van der Waals surface area contributed by atoms with Crippen molar-refractivity contribution in [3.63, 3.8) is 0 Å². The highest BCUT2D eigenvalue weighted by atomic mass is 16.5. The Balaban J connectivity index is 2.02. The maximum absolute atomic E-state index is 11.2. The lowest BCUT2D eigenvalue weighted by atomic mass is 9.94. The van der Waals surface area contributed by atoms with Gasteiger partial charge >= 0.3 is 5.63 Å². The van der Waals surface area contributed by atoms with Crippen LogP contribution in [0.3, 0.4) is 0 Å². The minimum atomic E-state index is -0.917. The number of benzene rings is 1. The van der Waals surface area contributed by atoms with Crippen LogP contribution in [0.4, 0.5) is 0 Å². The molecule has 0 saturated carbocycles. The van der Waals surface area contributed by atoms with Gasteiger partial charge in [-0.3, -0.25) is 0 Å². The largest absolute Gasteiger partial charge is 0.508 e. The lowest BCUT2D eigenvalue weighted by Gasteiger charge is -2.31. The predicted molar refractivity (Wildman–Crippen MR) is 67.8 cm³/mol. The molecule has 20 heavy (non-hydrogen) atoms. The van der Waals surface area contributed by atoms with E-state index in [4.69, 9.17) is 4.74 Å². The second kappa shape index (κ2) is 4.57. The van der Waals surface area contributed by atoms with E-state index in [1.165, 1.54) is 30.5 Å². The van der Waals surface area contributed by atoms with Gasteiger partial charge in [0.25, 0.3) is 0 Å². The van der Waals surface area contributed by atoms with Gasteiger partial charge in [0, 0.05) is 35.7 Å². The van der Waals surface area contributed by atoms with E-state index in [9.17, 15) is 20.1 Å². The number of phenols is 2. The van der Waals surface area contributed by atoms with Crippen LogP contribution in [0.25, 0.3) is 0 Å². The van der Waals surface area contributed by atoms with E-state index in [0.717, 1.165) is 0 Å². The van der Waals surface area contributed by atoms with Crippen LogP contribution in [0.5, 0.6) is 17.2 Å². The van der Waals surface area contributed by atoms with E-state index in [1.807, 2.05) is 0 Å². The van der Waals surface area contributed by atoms with E-state index >= 15 is 0 Å². The van der Waals surface area contributed by atoms with E-state index in [-0.39, 0.29) is 23.7 Å². The van der Waals surface area contributed by atoms with E-state index in [2.05, 4.69) is 4.42 Å². The molecule has 0 aliphatic carbocycles. The quantitative estimate of drug-likeness (QED) is 0.721. The number of fused-ring (bicyclic) bond motifs is 1. The maximum atomic E-state index is 11.2. The molecule has 0 spiro atoms. The van der Waals surface area contributed by atoms with Gasteiger partial charge in [-0.25, -0.2) is 4.79 Å². The number of ether oxygens (including phenoxy) is 1. The van der Waals surface area contributed by atoms with Crippen LogP contribution in [0, 0.1) is 0 Å². The summed E-state index contributed by atoms with van der Waals surface area (Å²) in [5.74, 6) is 0.0140. The Bertz CT molecular complexity index is 705. The standard InChI is InChI=1S/C14H12O6/c15-8-4-10(16)9-6-11(17)14(20-12(9)5-8)7-1-2-19-13(18)3-7/h1-5,11,14-17H,6H2. The SMILES string of the molecule is O=c1cc(C2Oc3cc(O)cc(O)c3CC2O)cco1. The summed E-state index contributed by atoms with van der Waals surface area (Å²) in [5.41, 5.74) is 0.361. The first-order chi connectivity index (χ1) is 9.54. The van der Waals surface area contributed by atoms with Crippen molar-refractivity contribution in [1.82, 2.24) is 0 Å². The average Bonchev–Trinajstić information content (AvgIpc) is 2.39. The van der Waals surface area contributed by atoms with Crippen LogP contribution in [-0.4, -0.2) is 21.4 Å². The number of hydrogen-bond acceptors (Lipinski definition) is 6. The van der Waals surface area contributed by atoms with Crippen LogP contribution >= 0.6 is 0 Å². The highest BCUT2D eigenvalue weighted by Crippen LogP contribution is 2.41. The Morgan fingerprint density at radius 2 is 2.00 bits per heavy atom. The first kappa shape index (κ1) is 12.6. The number of aliphatic hydroxyl groups is 1. The number of aliphatic hydroxyl groups excluding tert-OH is 1. The topological polar surface area (TPSA) is 100 Å². The fraction of sp³-hybridized carbons (Fsp3) is 0.214. The van der Waals surface area contributed by atoms with E-state index < -0.39 is 17.8 Å². The average molecular weight is 276 g/mol. The highest BCUT2D eigenvalue weighted by molar-refractivity contribution is 5.51. The van der Waals surface area contributed by atoms with Gasteiger partial charge in [-0.2, -0.15) is 0 Å². The first-order valence-corrected chi connectivity index (χ1v) is 6.03. The van der Waals surface area contributed by atoms with Gasteiger partial charge in [0.1, 0.15) is 17.2 Å². The molecule has 2 aromatic rings. The summed E-state index contributed by atoms with van der Waals surface area (Å²) < 4.78 is 10.2. The van der Waals surface area contributed by atoms with Gasteiger partial charge in [0.2, 0.25) is 0 Å². The maximum Gasteiger partial charge on any atom is 0.335 e. The van der Waals surface area contributed by atoms with Crippen LogP contribution in [0.2, 0.25) is 0 Å². The lowest BCUT2D eigenvalue weighted by Crippen LogP contribution is -2.30. The molecule has 1 aromatic carbocycles. The molecule has 1 aliphatic heterocycles. The van der Waals surface area contributed by atoms with Crippen molar-refractivity contribution in [2.75, 3.05) is 0 Å². The zero-order chi connectivity index (χ0) is 14.3. The van der Waals surface area contributed by atoms with Crippen LogP contribution < -0.4 is 10.4 Å². The summed E-state index contributed by atoms with van der Waals surface area (Å²) in [4.78, 5) is 11.2. The van der Waals surface area contributed by atoms with Crippen molar-refractivity contribution in [2.45, 2.75) is 18.6 Å². The minimum absolute atomic E-state index is 0.134. The number of hydrogen-bond donors (Lipinski definition) is 3. The van der Waals surface area contributed by atoms with Crippen molar-refractivity contribution in [3.8, 4) is 17.2 Å². The zero-order valence-electron chi connectivity index (χ0n) is 10.3. The molecule has 6 heteroatoms. The Morgan fingerprint density at radius 3 is 2.75 bits per heavy atom. The number of phenolic OH excluding ortho intramolecular Hbond substituents is 2. The minimum Gasteiger partial charge on any atom is -0.508 e. The fourth-order valence-electron chi connectivity index (χ4n) is 2.32. The van der Waals surface area contributed by atoms with E-state index in [0.29, 0.717) is 11.1 Å². The molecular formula is C14H12O6. The first-order valence-electron chi connectivity index (χ1n) is 6.03. The Morgan fingerprint density at radius 1 is 1.20 bits per heavy atom. The molecule has 2 unspecified atom stereocenters. The fourth-order valence-corrected chi connectivity index (χ4v) is 2.32. The molecular weight excluding hydrogens is 264 g/mol. The third kappa shape index (κ3) is 2.10. The molecule has 0 saturated heterocycles. The van der Waals surface area contributed by atoms with Gasteiger partial charge < -0.3 is 24.5 Å². The van der Waals surface area contributed by atoms with Crippen LogP contribution in [0.15, 0.2) is 39.7 Å². The molecule has 1 aromatic heterocycles. The third-order valence-electron chi connectivity index (χ3n) is 3.24. The smallest absolute Gasteiger partial charge is 0.335 e. The van der Waals surface area contributed by atoms with Gasteiger partial charge in [-0.1, -0.05) is 0 Å². The molecule has 3 N–H and O–H groups in total. The van der Waals surface area contributed by atoms with Crippen molar-refractivity contribution in [3.05, 3.63) is 52.1 Å². The normalized spacial score (nSPS) is 21.1. The summed E-state index contributed by atoms with van der Waals surface area (Å²) in [6, 6.07) is 5.32. The molecule has 2 atom stereocenters. The summed E-state index contributed by atoms with van der Waals surface area (Å²) in [6.45, 7) is 0. The molecule has 104 valence electrons. The molecule has 6 nitrogen and oxygen atoms in total. The van der Waals surface area contributed by atoms with Crippen LogP contribution in [-0.2, 0) is 6.42 Å². The van der Waals surface area contributed by atoms with Crippen LogP contribution in [0.1, 0.15) is 17.2 Å². The molecule has 2 heterocycles. The highest BCUT2D eigenvalue weighted by Gasteiger charge is 2.32. The summed E-state index contributed by atoms with van der Waals surface area (Å²) in [6.07, 6.45) is -0.289. The molecule has 0 bridgehead atoms. The molecule has 1 aliphatic rings. The van der Waals surface area contributed by atoms with Gasteiger partial charge in [-0.15, -0.1) is 0 Å². The van der Waals surface area contributed by atoms with Crippen molar-refractivity contribution in [1.29, 1.82) is 0 Å². The van der Waals surface area contributed by atoms with Gasteiger partial charge in [0.05, 0.1) is 12.4 Å². The lowest BCUT2D eigenvalue weighted by molar-refractivity contribution is 0.0195. The molecule has 3 rings (SSSR count). The summed E-state index contributed by atoms with van der Waals surface area (Å²) >= 11 is 0. The molecule has 0 amide bonds. The van der Waals surface area contributed by atoms with Crippen molar-refractivity contribution >= 4 is 0 Å². The summed E-state index contributed by atoms with van der Waals surface area (Å²) in [5, 5.41) is 29.3. The van der Waals surface area contributed by atoms with E-state index in [1.54, 1.807) is 0 Å². The van der Waals surface area contributed by atoms with Gasteiger partial charge in [-0.05, 0) is 6.07 Å². The summed E-state index contributed by atoms with van der Waals surface area (Å²) in [7, 11) is 0. The second-order valence-corrected chi connectivity index (χ2v) is 4.64. The monoisotopic (exact) mass is 276 g/mol. The second-order valence-electron chi connectivity index (χ2n) is 4.64. The van der Waals surface area contributed by atoms with Crippen molar-refractivity contribution < 1.29 is 24.5 Å². The zero-order valence-corrected chi connectivity index (χ0v) is 10.3. The molecule has 0 fully saturated rings. The Hall–Kier alpha value is -2.47.